The van der Waals surface area contributed by atoms with Gasteiger partial charge < -0.3 is 13.6 Å². The van der Waals surface area contributed by atoms with Crippen LogP contribution in [-0.2, 0) is 0 Å². The molecule has 5 aromatic heterocycles. The lowest BCUT2D eigenvalue weighted by Crippen LogP contribution is -1.93. The summed E-state index contributed by atoms with van der Waals surface area (Å²) in [5, 5.41) is 4.83. The molecule has 0 N–H and O–H groups in total. The van der Waals surface area contributed by atoms with Crippen LogP contribution in [0.3, 0.4) is 0 Å². The van der Waals surface area contributed by atoms with Crippen molar-refractivity contribution in [1.29, 1.82) is 0 Å². The summed E-state index contributed by atoms with van der Waals surface area (Å²) >= 11 is 0. The number of furan rings is 1. The third kappa shape index (κ3) is 4.15. The molecule has 0 fully saturated rings. The first-order chi connectivity index (χ1) is 25.3. The summed E-state index contributed by atoms with van der Waals surface area (Å²) in [6.07, 6.45) is 1.96. The third-order valence-electron chi connectivity index (χ3n) is 10.2. The summed E-state index contributed by atoms with van der Waals surface area (Å²) < 4.78 is 11.1. The Balaban J connectivity index is 1.06. The largest absolute Gasteiger partial charge is 0.453 e. The molecule has 6 aromatic carbocycles. The lowest BCUT2D eigenvalue weighted by Gasteiger charge is -2.08. The average molecular weight is 653 g/mol. The van der Waals surface area contributed by atoms with Crippen LogP contribution >= 0.6 is 0 Å². The van der Waals surface area contributed by atoms with Gasteiger partial charge in [-0.1, -0.05) is 97.1 Å². The van der Waals surface area contributed by atoms with Crippen molar-refractivity contribution in [3.8, 4) is 33.8 Å². The minimum Gasteiger partial charge on any atom is -0.453 e. The second kappa shape index (κ2) is 10.8. The molecule has 0 atom stereocenters. The van der Waals surface area contributed by atoms with Gasteiger partial charge in [-0.25, -0.2) is 9.97 Å². The Labute approximate surface area is 292 Å². The van der Waals surface area contributed by atoms with Gasteiger partial charge in [0.25, 0.3) is 0 Å². The fraction of sp³-hybridized carbons (Fsp3) is 0. The van der Waals surface area contributed by atoms with E-state index in [1.165, 1.54) is 32.6 Å². The maximum Gasteiger partial charge on any atom is 0.156 e. The summed E-state index contributed by atoms with van der Waals surface area (Å²) in [5.74, 6) is 0. The molecule has 11 aromatic rings. The van der Waals surface area contributed by atoms with Crippen LogP contribution < -0.4 is 0 Å². The summed E-state index contributed by atoms with van der Waals surface area (Å²) in [4.78, 5) is 10.2. The fourth-order valence-corrected chi connectivity index (χ4v) is 7.93. The third-order valence-corrected chi connectivity index (χ3v) is 10.2. The summed E-state index contributed by atoms with van der Waals surface area (Å²) in [5.41, 5.74) is 13.9. The number of benzene rings is 6. The zero-order valence-corrected chi connectivity index (χ0v) is 27.4. The van der Waals surface area contributed by atoms with E-state index in [-0.39, 0.29) is 0 Å². The molecule has 0 unspecified atom stereocenters. The van der Waals surface area contributed by atoms with Crippen LogP contribution in [0.4, 0.5) is 0 Å². The standard InChI is InChI=1S/C46H28N4O/c1-3-12-31(13-4-1)49-39-20-10-8-17-36(39)44-33(18-11-21-40(44)49)30-27-43-45(47-28-30)46-42(51-43)25-24-37(48-46)29-22-23-35-34-16-7-9-19-38(34)50(41(35)26-29)32-14-5-2-6-15-32/h1-28H. The molecule has 51 heavy (non-hydrogen) atoms. The molecule has 0 aliphatic rings. The highest BCUT2D eigenvalue weighted by Crippen LogP contribution is 2.40. The molecule has 238 valence electrons. The van der Waals surface area contributed by atoms with Crippen molar-refractivity contribution in [1.82, 2.24) is 19.1 Å². The van der Waals surface area contributed by atoms with Crippen molar-refractivity contribution < 1.29 is 4.42 Å². The maximum absolute atomic E-state index is 6.43. The first-order valence-corrected chi connectivity index (χ1v) is 17.2. The van der Waals surface area contributed by atoms with Crippen LogP contribution in [0.1, 0.15) is 0 Å². The zero-order chi connectivity index (χ0) is 33.5. The van der Waals surface area contributed by atoms with Crippen molar-refractivity contribution >= 4 is 65.8 Å². The van der Waals surface area contributed by atoms with E-state index in [0.29, 0.717) is 0 Å². The van der Waals surface area contributed by atoms with Gasteiger partial charge in [-0.05, 0) is 72.3 Å². The molecule has 0 aliphatic carbocycles. The van der Waals surface area contributed by atoms with Gasteiger partial charge in [0.15, 0.2) is 11.2 Å². The van der Waals surface area contributed by atoms with Crippen molar-refractivity contribution in [2.45, 2.75) is 0 Å². The highest BCUT2D eigenvalue weighted by Gasteiger charge is 2.19. The second-order valence-corrected chi connectivity index (χ2v) is 13.0. The molecule has 0 bridgehead atoms. The van der Waals surface area contributed by atoms with Gasteiger partial charge in [0.2, 0.25) is 0 Å². The number of hydrogen-bond donors (Lipinski definition) is 0. The summed E-state index contributed by atoms with van der Waals surface area (Å²) in [6, 6.07) is 57.6. The number of hydrogen-bond acceptors (Lipinski definition) is 3. The van der Waals surface area contributed by atoms with Crippen LogP contribution in [0.15, 0.2) is 174 Å². The molecule has 11 rings (SSSR count). The predicted molar refractivity (Wildman–Crippen MR) is 209 cm³/mol. The number of nitrogens with zero attached hydrogens (tertiary/aromatic N) is 4. The molecule has 0 amide bonds. The Morgan fingerprint density at radius 3 is 1.86 bits per heavy atom. The summed E-state index contributed by atoms with van der Waals surface area (Å²) in [6.45, 7) is 0. The number of pyridine rings is 2. The Kier molecular flexibility index (Phi) is 5.89. The quantitative estimate of drug-likeness (QED) is 0.190. The van der Waals surface area contributed by atoms with Crippen molar-refractivity contribution in [2.24, 2.45) is 0 Å². The molecule has 5 nitrogen and oxygen atoms in total. The van der Waals surface area contributed by atoms with E-state index in [1.807, 2.05) is 18.3 Å². The molecule has 0 saturated carbocycles. The first-order valence-electron chi connectivity index (χ1n) is 17.2. The lowest BCUT2D eigenvalue weighted by molar-refractivity contribution is 0.667. The van der Waals surface area contributed by atoms with Crippen molar-refractivity contribution in [3.05, 3.63) is 170 Å². The number of para-hydroxylation sites is 4. The number of rotatable bonds is 4. The average Bonchev–Trinajstić information content (AvgIpc) is 3.85. The van der Waals surface area contributed by atoms with E-state index < -0.39 is 0 Å². The van der Waals surface area contributed by atoms with Crippen LogP contribution in [0, 0.1) is 0 Å². The molecule has 5 heteroatoms. The monoisotopic (exact) mass is 652 g/mol. The Morgan fingerprint density at radius 2 is 1.08 bits per heavy atom. The highest BCUT2D eigenvalue weighted by molar-refractivity contribution is 6.16. The van der Waals surface area contributed by atoms with Gasteiger partial charge in [0.1, 0.15) is 11.0 Å². The molecule has 5 heterocycles. The van der Waals surface area contributed by atoms with Crippen molar-refractivity contribution in [3.63, 3.8) is 0 Å². The topological polar surface area (TPSA) is 48.8 Å². The Bertz CT molecular complexity index is 3130. The van der Waals surface area contributed by atoms with E-state index in [0.717, 1.165) is 67.0 Å². The molecule has 0 aliphatic heterocycles. The first kappa shape index (κ1) is 27.9. The van der Waals surface area contributed by atoms with E-state index in [1.54, 1.807) is 0 Å². The van der Waals surface area contributed by atoms with E-state index in [9.17, 15) is 0 Å². The second-order valence-electron chi connectivity index (χ2n) is 13.0. The van der Waals surface area contributed by atoms with Gasteiger partial charge in [-0.2, -0.15) is 0 Å². The molecule has 0 saturated heterocycles. The van der Waals surface area contributed by atoms with Gasteiger partial charge in [-0.15, -0.1) is 0 Å². The molecule has 0 radical (unpaired) electrons. The minimum atomic E-state index is 0.718. The molecular weight excluding hydrogens is 625 g/mol. The molecular formula is C46H28N4O. The SMILES string of the molecule is c1ccc(-n2c3ccccc3c3ccc(-c4ccc5oc6cc(-c7cccc8c7c7ccccc7n8-c7ccccc7)cnc6c5n4)cc32)cc1. The van der Waals surface area contributed by atoms with E-state index in [4.69, 9.17) is 14.4 Å². The predicted octanol–water partition coefficient (Wildman–Crippen LogP) is 11.9. The summed E-state index contributed by atoms with van der Waals surface area (Å²) in [7, 11) is 0. The van der Waals surface area contributed by atoms with Gasteiger partial charge in [0.05, 0.1) is 27.8 Å². The van der Waals surface area contributed by atoms with E-state index in [2.05, 4.69) is 161 Å². The smallest absolute Gasteiger partial charge is 0.156 e. The van der Waals surface area contributed by atoms with Crippen LogP contribution in [0.5, 0.6) is 0 Å². The van der Waals surface area contributed by atoms with Crippen LogP contribution in [0.25, 0.3) is 99.6 Å². The van der Waals surface area contributed by atoms with Gasteiger partial charge in [-0.3, -0.25) is 0 Å². The van der Waals surface area contributed by atoms with Gasteiger partial charge >= 0.3 is 0 Å². The number of fused-ring (bicyclic) bond motifs is 9. The fourth-order valence-electron chi connectivity index (χ4n) is 7.93. The van der Waals surface area contributed by atoms with E-state index >= 15 is 0 Å². The van der Waals surface area contributed by atoms with Gasteiger partial charge in [0, 0.05) is 50.2 Å². The number of aromatic nitrogens is 4. The molecule has 0 spiro atoms. The lowest BCUT2D eigenvalue weighted by atomic mass is 10.0. The van der Waals surface area contributed by atoms with Crippen LogP contribution in [0.2, 0.25) is 0 Å². The van der Waals surface area contributed by atoms with Crippen LogP contribution in [-0.4, -0.2) is 19.1 Å². The maximum atomic E-state index is 6.43. The minimum absolute atomic E-state index is 0.718. The Morgan fingerprint density at radius 1 is 0.431 bits per heavy atom. The normalized spacial score (nSPS) is 11.9. The van der Waals surface area contributed by atoms with Crippen molar-refractivity contribution in [2.75, 3.05) is 0 Å². The zero-order valence-electron chi connectivity index (χ0n) is 27.4. The Hall–Kier alpha value is -6.98. The highest BCUT2D eigenvalue weighted by atomic mass is 16.3.